The van der Waals surface area contributed by atoms with E-state index in [2.05, 4.69) is 12.2 Å². The van der Waals surface area contributed by atoms with Crippen LogP contribution in [0.25, 0.3) is 0 Å². The molecule has 1 aromatic rings. The number of hydrogen-bond acceptors (Lipinski definition) is 10. The molecule has 1 aliphatic heterocycles. The minimum atomic E-state index is -1.28. The summed E-state index contributed by atoms with van der Waals surface area (Å²) < 4.78 is 16.3. The number of nitro benzene ring substituents is 2. The molecule has 2 rings (SSSR count). The van der Waals surface area contributed by atoms with Crippen molar-refractivity contribution in [3.63, 3.8) is 0 Å². The van der Waals surface area contributed by atoms with Crippen molar-refractivity contribution in [1.29, 1.82) is 0 Å². The van der Waals surface area contributed by atoms with E-state index in [-0.39, 0.29) is 47.7 Å². The molecule has 0 radical (unpaired) electrons. The second-order valence-electron chi connectivity index (χ2n) is 11.9. The Morgan fingerprint density at radius 3 is 1.53 bits per heavy atom. The third kappa shape index (κ3) is 10.8. The zero-order chi connectivity index (χ0) is 34.9. The fraction of sp³-hybridized carbons (Fsp3) is 0.657. The van der Waals surface area contributed by atoms with E-state index in [4.69, 9.17) is 14.2 Å². The second kappa shape index (κ2) is 20.3. The normalized spacial score (nSPS) is 13.4. The van der Waals surface area contributed by atoms with Crippen molar-refractivity contribution < 1.29 is 33.6 Å². The van der Waals surface area contributed by atoms with Gasteiger partial charge in [0.15, 0.2) is 0 Å². The lowest BCUT2D eigenvalue weighted by molar-refractivity contribution is -0.395. The lowest BCUT2D eigenvalue weighted by Crippen LogP contribution is -2.33. The number of nitrogens with zero attached hydrogens (tertiary/aromatic N) is 2. The molecule has 0 unspecified atom stereocenters. The summed E-state index contributed by atoms with van der Waals surface area (Å²) in [5.41, 5.74) is -0.199. The number of carbonyl (C=O) groups excluding carboxylic acids is 2. The van der Waals surface area contributed by atoms with E-state index in [0.717, 1.165) is 31.7 Å². The van der Waals surface area contributed by atoms with Crippen LogP contribution in [-0.2, 0) is 25.5 Å². The van der Waals surface area contributed by atoms with Gasteiger partial charge in [-0.25, -0.2) is 9.59 Å². The van der Waals surface area contributed by atoms with Crippen LogP contribution in [-0.4, -0.2) is 42.1 Å². The van der Waals surface area contributed by atoms with Gasteiger partial charge in [-0.3, -0.25) is 20.2 Å². The van der Waals surface area contributed by atoms with Gasteiger partial charge in [-0.2, -0.15) is 0 Å². The van der Waals surface area contributed by atoms with Crippen LogP contribution in [0, 0.1) is 20.2 Å². The Labute approximate surface area is 278 Å². The third-order valence-electron chi connectivity index (χ3n) is 8.55. The lowest BCUT2D eigenvalue weighted by atomic mass is 9.76. The van der Waals surface area contributed by atoms with Gasteiger partial charge in [0.1, 0.15) is 0 Å². The zero-order valence-corrected chi connectivity index (χ0v) is 29.0. The van der Waals surface area contributed by atoms with Crippen molar-refractivity contribution in [2.24, 2.45) is 0 Å². The van der Waals surface area contributed by atoms with Crippen molar-refractivity contribution in [2.75, 3.05) is 20.3 Å². The van der Waals surface area contributed by atoms with Crippen LogP contribution in [0.15, 0.2) is 28.6 Å². The van der Waals surface area contributed by atoms with E-state index in [1.165, 1.54) is 58.5 Å². The Morgan fingerprint density at radius 1 is 0.723 bits per heavy atom. The predicted molar refractivity (Wildman–Crippen MR) is 180 cm³/mol. The Balaban J connectivity index is 2.49. The molecule has 0 atom stereocenters. The first-order valence-electron chi connectivity index (χ1n) is 17.1. The van der Waals surface area contributed by atoms with E-state index in [1.807, 2.05) is 0 Å². The number of esters is 2. The summed E-state index contributed by atoms with van der Waals surface area (Å²) in [4.78, 5) is 50.2. The average molecular weight is 660 g/mol. The number of nitrogens with one attached hydrogen (secondary N) is 1. The Kier molecular flexibility index (Phi) is 17.0. The number of methoxy groups -OCH3 is 1. The molecule has 0 saturated carbocycles. The number of ether oxygens (including phenoxy) is 3. The molecule has 1 heterocycles. The largest absolute Gasteiger partial charge is 0.490 e. The van der Waals surface area contributed by atoms with E-state index < -0.39 is 39.1 Å². The highest BCUT2D eigenvalue weighted by molar-refractivity contribution is 6.00. The smallest absolute Gasteiger partial charge is 0.336 e. The van der Waals surface area contributed by atoms with Crippen LogP contribution >= 0.6 is 0 Å². The van der Waals surface area contributed by atoms with E-state index in [9.17, 15) is 29.8 Å². The lowest BCUT2D eigenvalue weighted by Gasteiger charge is -2.32. The Morgan fingerprint density at radius 2 is 1.15 bits per heavy atom. The van der Waals surface area contributed by atoms with Gasteiger partial charge in [0.25, 0.3) is 5.69 Å². The predicted octanol–water partition coefficient (Wildman–Crippen LogP) is 8.51. The number of allylic oxidation sites excluding steroid dienone is 2. The SMILES string of the molecule is CCCCCCCCCCCCCCCc1c([N+](=O)[O-])cc([N+](=O)[O-])c(OC)c1C1C(C(=O)OCC)=C(C)NC(C)=C1C(=O)OCC. The summed E-state index contributed by atoms with van der Waals surface area (Å²) in [6.45, 7) is 8.77. The molecule has 1 aliphatic rings. The van der Waals surface area contributed by atoms with Gasteiger partial charge in [0, 0.05) is 22.5 Å². The molecule has 1 aromatic carbocycles. The summed E-state index contributed by atoms with van der Waals surface area (Å²) in [5, 5.41) is 27.7. The Bertz CT molecular complexity index is 1280. The third-order valence-corrected chi connectivity index (χ3v) is 8.55. The highest BCUT2D eigenvalue weighted by Gasteiger charge is 2.44. The van der Waals surface area contributed by atoms with Crippen molar-refractivity contribution >= 4 is 23.3 Å². The molecular formula is C35H53N3O9. The number of rotatable bonds is 22. The molecular weight excluding hydrogens is 606 g/mol. The van der Waals surface area contributed by atoms with Crippen molar-refractivity contribution in [3.05, 3.63) is 60.0 Å². The van der Waals surface area contributed by atoms with Crippen molar-refractivity contribution in [3.8, 4) is 5.75 Å². The van der Waals surface area contributed by atoms with Crippen LogP contribution in [0.4, 0.5) is 11.4 Å². The molecule has 0 aliphatic carbocycles. The van der Waals surface area contributed by atoms with Crippen molar-refractivity contribution in [2.45, 2.75) is 130 Å². The molecule has 0 bridgehead atoms. The highest BCUT2D eigenvalue weighted by Crippen LogP contribution is 2.50. The standard InChI is InChI=1S/C35H53N3O9/c1-7-10-11-12-13-14-15-16-17-18-19-20-21-22-26-27(37(41)42)23-28(38(43)44)33(45-6)31(26)32-29(34(39)46-8-2)24(4)36-25(5)30(32)35(40)47-9-3/h23,32,36H,7-22H2,1-6H3. The van der Waals surface area contributed by atoms with E-state index >= 15 is 0 Å². The molecule has 1 N–H and O–H groups in total. The van der Waals surface area contributed by atoms with Crippen LogP contribution in [0.3, 0.4) is 0 Å². The highest BCUT2D eigenvalue weighted by atomic mass is 16.6. The fourth-order valence-electron chi connectivity index (χ4n) is 6.34. The maximum absolute atomic E-state index is 13.5. The number of carbonyl (C=O) groups is 2. The number of unbranched alkanes of at least 4 members (excludes halogenated alkanes) is 12. The summed E-state index contributed by atoms with van der Waals surface area (Å²) in [6.07, 6.45) is 14.8. The van der Waals surface area contributed by atoms with Gasteiger partial charge >= 0.3 is 17.6 Å². The summed E-state index contributed by atoms with van der Waals surface area (Å²) in [5.74, 6) is -3.05. The zero-order valence-electron chi connectivity index (χ0n) is 29.0. The first-order valence-corrected chi connectivity index (χ1v) is 17.1. The van der Waals surface area contributed by atoms with Crippen molar-refractivity contribution in [1.82, 2.24) is 5.32 Å². The van der Waals surface area contributed by atoms with Gasteiger partial charge in [-0.05, 0) is 40.5 Å². The van der Waals surface area contributed by atoms with E-state index in [0.29, 0.717) is 17.8 Å². The molecule has 47 heavy (non-hydrogen) atoms. The number of dihydropyridines is 1. The summed E-state index contributed by atoms with van der Waals surface area (Å²) >= 11 is 0. The van der Waals surface area contributed by atoms with Gasteiger partial charge in [-0.1, -0.05) is 84.0 Å². The molecule has 0 aromatic heterocycles. The van der Waals surface area contributed by atoms with Crippen LogP contribution in [0.2, 0.25) is 0 Å². The number of benzene rings is 1. The minimum absolute atomic E-state index is 0.000197. The summed E-state index contributed by atoms with van der Waals surface area (Å²) in [6, 6.07) is 0.905. The van der Waals surface area contributed by atoms with Gasteiger partial charge in [-0.15, -0.1) is 0 Å². The first kappa shape index (κ1) is 39.2. The average Bonchev–Trinajstić information content (AvgIpc) is 3.02. The maximum atomic E-state index is 13.5. The maximum Gasteiger partial charge on any atom is 0.336 e. The molecule has 0 fully saturated rings. The molecule has 12 nitrogen and oxygen atoms in total. The molecule has 0 saturated heterocycles. The van der Waals surface area contributed by atoms with Gasteiger partial charge < -0.3 is 19.5 Å². The van der Waals surface area contributed by atoms with E-state index in [1.54, 1.807) is 27.7 Å². The summed E-state index contributed by atoms with van der Waals surface area (Å²) in [7, 11) is 1.23. The quantitative estimate of drug-likeness (QED) is 0.0553. The van der Waals surface area contributed by atoms with Gasteiger partial charge in [0.2, 0.25) is 5.75 Å². The Hall–Kier alpha value is -3.96. The first-order chi connectivity index (χ1) is 22.5. The minimum Gasteiger partial charge on any atom is -0.490 e. The topological polar surface area (TPSA) is 160 Å². The monoisotopic (exact) mass is 659 g/mol. The number of hydrogen-bond donors (Lipinski definition) is 1. The van der Waals surface area contributed by atoms with Crippen LogP contribution in [0.5, 0.6) is 5.75 Å². The molecule has 0 spiro atoms. The van der Waals surface area contributed by atoms with Crippen LogP contribution < -0.4 is 10.1 Å². The fourth-order valence-corrected chi connectivity index (χ4v) is 6.34. The van der Waals surface area contributed by atoms with Gasteiger partial charge in [0.05, 0.1) is 53.3 Å². The number of nitro groups is 2. The molecule has 262 valence electrons. The van der Waals surface area contributed by atoms with Crippen LogP contribution in [0.1, 0.15) is 135 Å². The second-order valence-corrected chi connectivity index (χ2v) is 11.9. The molecule has 0 amide bonds. The molecule has 12 heteroatoms.